The number of ether oxygens (including phenoxy) is 1. The number of sulfonamides is 1. The molecule has 0 saturated heterocycles. The number of hydrogen-bond donors (Lipinski definition) is 1. The Morgan fingerprint density at radius 1 is 1.47 bits per heavy atom. The van der Waals surface area contributed by atoms with E-state index in [0.29, 0.717) is 6.42 Å². The highest BCUT2D eigenvalue weighted by atomic mass is 32.2. The summed E-state index contributed by atoms with van der Waals surface area (Å²) in [5.41, 5.74) is 0. The van der Waals surface area contributed by atoms with Gasteiger partial charge in [0.05, 0.1) is 7.11 Å². The molecule has 0 saturated carbocycles. The first-order valence-corrected chi connectivity index (χ1v) is 6.24. The van der Waals surface area contributed by atoms with E-state index >= 15 is 0 Å². The highest BCUT2D eigenvalue weighted by Gasteiger charge is 2.23. The Kier molecular flexibility index (Phi) is 6.46. The van der Waals surface area contributed by atoms with Crippen LogP contribution in [0.2, 0.25) is 0 Å². The summed E-state index contributed by atoms with van der Waals surface area (Å²) in [6.45, 7) is 2.09. The molecule has 90 valence electrons. The van der Waals surface area contributed by atoms with Gasteiger partial charge >= 0.3 is 5.97 Å². The molecule has 0 rings (SSSR count). The van der Waals surface area contributed by atoms with Gasteiger partial charge in [0.15, 0.2) is 5.75 Å². The zero-order chi connectivity index (χ0) is 11.9. The van der Waals surface area contributed by atoms with Crippen molar-refractivity contribution in [2.45, 2.75) is 13.3 Å². The van der Waals surface area contributed by atoms with Crippen LogP contribution in [0.15, 0.2) is 0 Å². The second-order valence-corrected chi connectivity index (χ2v) is 4.87. The molecule has 0 aliphatic rings. The smallest absolute Gasteiger partial charge is 0.322 e. The fourth-order valence-corrected chi connectivity index (χ4v) is 2.44. The molecule has 0 aliphatic heterocycles. The normalized spacial score (nSPS) is 11.7. The van der Waals surface area contributed by atoms with Crippen molar-refractivity contribution in [1.29, 1.82) is 0 Å². The maximum Gasteiger partial charge on any atom is 0.322 e. The van der Waals surface area contributed by atoms with Crippen molar-refractivity contribution >= 4 is 16.0 Å². The molecule has 0 aromatic heterocycles. The summed E-state index contributed by atoms with van der Waals surface area (Å²) in [4.78, 5) is 10.8. The van der Waals surface area contributed by atoms with Gasteiger partial charge in [-0.15, -0.1) is 0 Å². The summed E-state index contributed by atoms with van der Waals surface area (Å²) >= 11 is 0. The van der Waals surface area contributed by atoms with Gasteiger partial charge in [0.1, 0.15) is 0 Å². The lowest BCUT2D eigenvalue weighted by Crippen LogP contribution is -2.36. The Bertz CT molecular complexity index is 287. The Morgan fingerprint density at radius 3 is 2.47 bits per heavy atom. The van der Waals surface area contributed by atoms with Crippen LogP contribution in [0.25, 0.3) is 0 Å². The van der Waals surface area contributed by atoms with Gasteiger partial charge in [0.25, 0.3) is 0 Å². The Labute approximate surface area is 89.9 Å². The first-order valence-electron chi connectivity index (χ1n) is 4.63. The third-order valence-corrected chi connectivity index (χ3v) is 3.67. The Hall–Kier alpha value is -0.660. The van der Waals surface area contributed by atoms with Crippen molar-refractivity contribution in [1.82, 2.24) is 4.31 Å². The zero-order valence-corrected chi connectivity index (χ0v) is 9.79. The lowest BCUT2D eigenvalue weighted by atomic mass is 10.4. The maximum absolute atomic E-state index is 11.6. The molecule has 6 nitrogen and oxygen atoms in total. The molecule has 0 fully saturated rings. The van der Waals surface area contributed by atoms with E-state index in [1.165, 1.54) is 0 Å². The number of hydrogen-bond acceptors (Lipinski definition) is 5. The predicted octanol–water partition coefficient (Wildman–Crippen LogP) is -0.806. The third kappa shape index (κ3) is 5.10. The average molecular weight is 239 g/mol. The number of nitrogens with zero attached hydrogens (tertiary/aromatic N) is 1. The van der Waals surface area contributed by atoms with Gasteiger partial charge in [-0.1, -0.05) is 6.92 Å². The molecule has 0 radical (unpaired) electrons. The van der Waals surface area contributed by atoms with E-state index in [1.807, 2.05) is 0 Å². The summed E-state index contributed by atoms with van der Waals surface area (Å²) in [5.74, 6) is -1.43. The summed E-state index contributed by atoms with van der Waals surface area (Å²) < 4.78 is 28.6. The first kappa shape index (κ1) is 14.3. The largest absolute Gasteiger partial charge is 0.468 e. The number of carbonyl (C=O) groups is 1. The van der Waals surface area contributed by atoms with E-state index in [0.717, 1.165) is 11.4 Å². The van der Waals surface area contributed by atoms with E-state index in [2.05, 4.69) is 4.74 Å². The minimum atomic E-state index is -3.61. The number of aliphatic hydroxyl groups is 1. The van der Waals surface area contributed by atoms with Crippen molar-refractivity contribution in [2.75, 3.05) is 32.6 Å². The molecule has 0 spiro atoms. The van der Waals surface area contributed by atoms with Crippen molar-refractivity contribution < 1.29 is 23.1 Å². The van der Waals surface area contributed by atoms with Crippen LogP contribution in [0.1, 0.15) is 13.3 Å². The Morgan fingerprint density at radius 2 is 2.07 bits per heavy atom. The minimum absolute atomic E-state index is 0.0791. The molecule has 0 aromatic carbocycles. The van der Waals surface area contributed by atoms with E-state index in [4.69, 9.17) is 5.11 Å². The van der Waals surface area contributed by atoms with Crippen molar-refractivity contribution in [2.24, 2.45) is 0 Å². The van der Waals surface area contributed by atoms with Crippen molar-refractivity contribution in [3.05, 3.63) is 0 Å². The third-order valence-electron chi connectivity index (χ3n) is 1.84. The lowest BCUT2D eigenvalue weighted by Gasteiger charge is -2.18. The molecule has 0 heterocycles. The molecule has 1 N–H and O–H groups in total. The standard InChI is InChI=1S/C8H17NO5S/c1-3-9(5-4-6-10)15(12,13)7-8(11)14-2/h10H,3-7H2,1-2H3. The topological polar surface area (TPSA) is 83.9 Å². The van der Waals surface area contributed by atoms with Crippen LogP contribution in [0.3, 0.4) is 0 Å². The molecule has 0 amide bonds. The second kappa shape index (κ2) is 6.76. The first-order chi connectivity index (χ1) is 6.97. The second-order valence-electron chi connectivity index (χ2n) is 2.90. The molecule has 15 heavy (non-hydrogen) atoms. The molecule has 0 bridgehead atoms. The number of carbonyl (C=O) groups excluding carboxylic acids is 1. The van der Waals surface area contributed by atoms with E-state index in [9.17, 15) is 13.2 Å². The SMILES string of the molecule is CCN(CCCO)S(=O)(=O)CC(=O)OC. The quantitative estimate of drug-likeness (QED) is 0.588. The average Bonchev–Trinajstić information content (AvgIpc) is 2.17. The van der Waals surface area contributed by atoms with Crippen LogP contribution in [0, 0.1) is 0 Å². The van der Waals surface area contributed by atoms with Crippen molar-refractivity contribution in [3.63, 3.8) is 0 Å². The van der Waals surface area contributed by atoms with Gasteiger partial charge in [-0.05, 0) is 6.42 Å². The fraction of sp³-hybridized carbons (Fsp3) is 0.875. The monoisotopic (exact) mass is 239 g/mol. The molecule has 0 aliphatic carbocycles. The number of rotatable bonds is 7. The minimum Gasteiger partial charge on any atom is -0.468 e. The van der Waals surface area contributed by atoms with Crippen LogP contribution in [-0.4, -0.2) is 56.4 Å². The summed E-state index contributed by atoms with van der Waals surface area (Å²) in [5, 5.41) is 8.59. The molecule has 7 heteroatoms. The summed E-state index contributed by atoms with van der Waals surface area (Å²) in [6, 6.07) is 0. The van der Waals surface area contributed by atoms with Gasteiger partial charge in [-0.3, -0.25) is 4.79 Å². The lowest BCUT2D eigenvalue weighted by molar-refractivity contribution is -0.137. The number of esters is 1. The van der Waals surface area contributed by atoms with Crippen LogP contribution >= 0.6 is 0 Å². The fourth-order valence-electron chi connectivity index (χ4n) is 1.04. The number of methoxy groups -OCH3 is 1. The number of aliphatic hydroxyl groups excluding tert-OH is 1. The molecule has 0 atom stereocenters. The van der Waals surface area contributed by atoms with E-state index in [1.54, 1.807) is 6.92 Å². The van der Waals surface area contributed by atoms with Gasteiger partial charge in [0.2, 0.25) is 10.0 Å². The highest BCUT2D eigenvalue weighted by molar-refractivity contribution is 7.89. The van der Waals surface area contributed by atoms with Crippen LogP contribution in [0.4, 0.5) is 0 Å². The summed E-state index contributed by atoms with van der Waals surface area (Å²) in [7, 11) is -2.47. The predicted molar refractivity (Wildman–Crippen MR) is 54.8 cm³/mol. The summed E-state index contributed by atoms with van der Waals surface area (Å²) in [6.07, 6.45) is 0.355. The van der Waals surface area contributed by atoms with Crippen LogP contribution in [0.5, 0.6) is 0 Å². The van der Waals surface area contributed by atoms with Crippen molar-refractivity contribution in [3.8, 4) is 0 Å². The van der Waals surface area contributed by atoms with Gasteiger partial charge in [0, 0.05) is 19.7 Å². The molecule has 0 aromatic rings. The highest BCUT2D eigenvalue weighted by Crippen LogP contribution is 2.03. The van der Waals surface area contributed by atoms with Gasteiger partial charge < -0.3 is 9.84 Å². The van der Waals surface area contributed by atoms with Crippen LogP contribution in [-0.2, 0) is 19.6 Å². The van der Waals surface area contributed by atoms with Gasteiger partial charge in [-0.2, -0.15) is 0 Å². The maximum atomic E-state index is 11.6. The van der Waals surface area contributed by atoms with E-state index in [-0.39, 0.29) is 19.7 Å². The van der Waals surface area contributed by atoms with E-state index < -0.39 is 21.7 Å². The Balaban J connectivity index is 4.45. The molecular weight excluding hydrogens is 222 g/mol. The molecule has 0 unspecified atom stereocenters. The van der Waals surface area contributed by atoms with Gasteiger partial charge in [-0.25, -0.2) is 12.7 Å². The zero-order valence-electron chi connectivity index (χ0n) is 8.97. The van der Waals surface area contributed by atoms with Crippen LogP contribution < -0.4 is 0 Å². The molecular formula is C8H17NO5S.